The van der Waals surface area contributed by atoms with Crippen LogP contribution in [0.1, 0.15) is 25.7 Å². The number of nitrogens with one attached hydrogen (secondary N) is 1. The van der Waals surface area contributed by atoms with Crippen molar-refractivity contribution in [2.24, 2.45) is 0 Å². The third kappa shape index (κ3) is 2.55. The zero-order valence-electron chi connectivity index (χ0n) is 11.9. The second kappa shape index (κ2) is 4.98. The largest absolute Gasteiger partial charge is 0.454 e. The van der Waals surface area contributed by atoms with Crippen LogP contribution in [0.15, 0.2) is 29.3 Å². The summed E-state index contributed by atoms with van der Waals surface area (Å²) in [7, 11) is 0. The average molecular weight is 286 g/mol. The Labute approximate surface area is 123 Å². The molecule has 0 radical (unpaired) electrons. The summed E-state index contributed by atoms with van der Waals surface area (Å²) in [6.45, 7) is 1.88. The summed E-state index contributed by atoms with van der Waals surface area (Å²) in [5.74, 6) is 1.42. The second-order valence-electron chi connectivity index (χ2n) is 5.69. The molecule has 0 atom stereocenters. The van der Waals surface area contributed by atoms with Crippen molar-refractivity contribution in [1.82, 2.24) is 4.90 Å². The molecule has 0 unspecified atom stereocenters. The molecular formula is C16H18N2O3. The molecule has 2 heterocycles. The number of anilines is 1. The van der Waals surface area contributed by atoms with Crippen molar-refractivity contribution < 1.29 is 14.3 Å². The van der Waals surface area contributed by atoms with E-state index in [0.29, 0.717) is 5.75 Å². The van der Waals surface area contributed by atoms with Gasteiger partial charge in [0.05, 0.1) is 0 Å². The smallest absolute Gasteiger partial charge is 0.321 e. The van der Waals surface area contributed by atoms with Crippen molar-refractivity contribution in [3.63, 3.8) is 0 Å². The highest BCUT2D eigenvalue weighted by Crippen LogP contribution is 2.36. The Kier molecular flexibility index (Phi) is 2.98. The van der Waals surface area contributed by atoms with E-state index >= 15 is 0 Å². The van der Waals surface area contributed by atoms with Crippen molar-refractivity contribution in [3.05, 3.63) is 29.3 Å². The number of fused-ring (bicyclic) bond motifs is 1. The minimum absolute atomic E-state index is 0.0336. The van der Waals surface area contributed by atoms with Gasteiger partial charge in [-0.3, -0.25) is 0 Å². The van der Waals surface area contributed by atoms with Gasteiger partial charge in [-0.2, -0.15) is 0 Å². The average Bonchev–Trinajstić information content (AvgIpc) is 3.26. The van der Waals surface area contributed by atoms with E-state index in [4.69, 9.17) is 9.47 Å². The summed E-state index contributed by atoms with van der Waals surface area (Å²) < 4.78 is 10.6. The standard InChI is InChI=1S/C16H18N2O3/c19-16(18-7-5-12(6-8-18)11-1-2-11)17-13-3-4-14-15(9-13)21-10-20-14/h3-4,9H,1-2,5-8,10H2,(H,17,19). The van der Waals surface area contributed by atoms with E-state index < -0.39 is 0 Å². The first-order valence-corrected chi connectivity index (χ1v) is 7.45. The topological polar surface area (TPSA) is 50.8 Å². The van der Waals surface area contributed by atoms with Crippen molar-refractivity contribution in [3.8, 4) is 11.5 Å². The fourth-order valence-electron chi connectivity index (χ4n) is 2.93. The van der Waals surface area contributed by atoms with Crippen molar-refractivity contribution in [2.45, 2.75) is 25.7 Å². The van der Waals surface area contributed by atoms with Gasteiger partial charge >= 0.3 is 6.03 Å². The number of allylic oxidation sites excluding steroid dienone is 1. The lowest BCUT2D eigenvalue weighted by molar-refractivity contribution is 0.174. The molecule has 3 aliphatic rings. The molecule has 110 valence electrons. The molecule has 5 nitrogen and oxygen atoms in total. The van der Waals surface area contributed by atoms with Gasteiger partial charge in [0.2, 0.25) is 6.79 Å². The number of hydrogen-bond acceptors (Lipinski definition) is 3. The zero-order chi connectivity index (χ0) is 14.2. The van der Waals surface area contributed by atoms with Gasteiger partial charge in [0.25, 0.3) is 0 Å². The number of urea groups is 1. The molecule has 0 spiro atoms. The number of hydrogen-bond donors (Lipinski definition) is 1. The summed E-state index contributed by atoms with van der Waals surface area (Å²) in [6.07, 6.45) is 4.62. The monoisotopic (exact) mass is 286 g/mol. The highest BCUT2D eigenvalue weighted by atomic mass is 16.7. The van der Waals surface area contributed by atoms with Crippen LogP contribution in [0.3, 0.4) is 0 Å². The van der Waals surface area contributed by atoms with Crippen LogP contribution in [0.5, 0.6) is 11.5 Å². The van der Waals surface area contributed by atoms with E-state index in [1.807, 2.05) is 23.1 Å². The number of carbonyl (C=O) groups is 1. The Morgan fingerprint density at radius 3 is 2.48 bits per heavy atom. The van der Waals surface area contributed by atoms with E-state index in [0.717, 1.165) is 37.4 Å². The summed E-state index contributed by atoms with van der Waals surface area (Å²) in [5.41, 5.74) is 3.96. The third-order valence-electron chi connectivity index (χ3n) is 4.28. The Balaban J connectivity index is 1.38. The first-order chi connectivity index (χ1) is 10.3. The summed E-state index contributed by atoms with van der Waals surface area (Å²) in [4.78, 5) is 14.2. The second-order valence-corrected chi connectivity index (χ2v) is 5.69. The summed E-state index contributed by atoms with van der Waals surface area (Å²) >= 11 is 0. The Hall–Kier alpha value is -2.17. The molecule has 2 amide bonds. The van der Waals surface area contributed by atoms with E-state index in [1.54, 1.807) is 11.1 Å². The molecule has 5 heteroatoms. The molecule has 2 fully saturated rings. The number of amides is 2. The molecule has 0 aromatic heterocycles. The quantitative estimate of drug-likeness (QED) is 0.807. The first-order valence-electron chi connectivity index (χ1n) is 7.45. The van der Waals surface area contributed by atoms with Crippen LogP contribution >= 0.6 is 0 Å². The SMILES string of the molecule is O=C(Nc1ccc2c(c1)OCO2)N1CCC(=C2CC2)CC1. The highest BCUT2D eigenvalue weighted by Gasteiger charge is 2.24. The predicted molar refractivity (Wildman–Crippen MR) is 78.7 cm³/mol. The normalized spacial score (nSPS) is 19.7. The number of ether oxygens (including phenoxy) is 2. The minimum atomic E-state index is -0.0336. The minimum Gasteiger partial charge on any atom is -0.454 e. The number of benzene rings is 1. The van der Waals surface area contributed by atoms with Crippen LogP contribution < -0.4 is 14.8 Å². The fourth-order valence-corrected chi connectivity index (χ4v) is 2.93. The Bertz CT molecular complexity index is 608. The molecule has 2 aliphatic heterocycles. The number of carbonyl (C=O) groups excluding carboxylic acids is 1. The maximum absolute atomic E-state index is 12.3. The van der Waals surface area contributed by atoms with Crippen molar-refractivity contribution in [1.29, 1.82) is 0 Å². The lowest BCUT2D eigenvalue weighted by Crippen LogP contribution is -2.39. The van der Waals surface area contributed by atoms with E-state index in [-0.39, 0.29) is 12.8 Å². The number of nitrogens with zero attached hydrogens (tertiary/aromatic N) is 1. The number of piperidine rings is 1. The summed E-state index contributed by atoms with van der Waals surface area (Å²) in [5, 5.41) is 2.94. The van der Waals surface area contributed by atoms with E-state index in [2.05, 4.69) is 5.32 Å². The molecule has 0 bridgehead atoms. The van der Waals surface area contributed by atoms with Crippen LogP contribution in [-0.2, 0) is 0 Å². The van der Waals surface area contributed by atoms with Gasteiger partial charge < -0.3 is 19.7 Å². The van der Waals surface area contributed by atoms with Crippen molar-refractivity contribution in [2.75, 3.05) is 25.2 Å². The van der Waals surface area contributed by atoms with Crippen molar-refractivity contribution >= 4 is 11.7 Å². The molecule has 1 saturated carbocycles. The van der Waals surface area contributed by atoms with Gasteiger partial charge in [-0.15, -0.1) is 0 Å². The molecule has 1 aliphatic carbocycles. The predicted octanol–water partition coefficient (Wildman–Crippen LogP) is 3.13. The maximum atomic E-state index is 12.3. The van der Waals surface area contributed by atoms with Gasteiger partial charge in [-0.25, -0.2) is 4.79 Å². The Morgan fingerprint density at radius 1 is 1.00 bits per heavy atom. The van der Waals surface area contributed by atoms with Gasteiger partial charge in [-0.05, 0) is 37.8 Å². The van der Waals surface area contributed by atoms with Crippen LogP contribution in [0.4, 0.5) is 10.5 Å². The maximum Gasteiger partial charge on any atom is 0.321 e. The van der Waals surface area contributed by atoms with Crippen LogP contribution in [0.25, 0.3) is 0 Å². The van der Waals surface area contributed by atoms with Gasteiger partial charge in [0, 0.05) is 24.8 Å². The lowest BCUT2D eigenvalue weighted by Gasteiger charge is -2.28. The molecule has 21 heavy (non-hydrogen) atoms. The zero-order valence-corrected chi connectivity index (χ0v) is 11.9. The Morgan fingerprint density at radius 2 is 1.71 bits per heavy atom. The van der Waals surface area contributed by atoms with E-state index in [9.17, 15) is 4.79 Å². The molecule has 4 rings (SSSR count). The number of rotatable bonds is 1. The molecule has 1 N–H and O–H groups in total. The molecule has 1 aromatic rings. The van der Waals surface area contributed by atoms with Crippen LogP contribution in [-0.4, -0.2) is 30.8 Å². The third-order valence-corrected chi connectivity index (χ3v) is 4.28. The first kappa shape index (κ1) is 12.6. The molecule has 1 aromatic carbocycles. The highest BCUT2D eigenvalue weighted by molar-refractivity contribution is 5.89. The summed E-state index contributed by atoms with van der Waals surface area (Å²) in [6, 6.07) is 5.44. The molecular weight excluding hydrogens is 268 g/mol. The van der Waals surface area contributed by atoms with Gasteiger partial charge in [0.15, 0.2) is 11.5 Å². The fraction of sp³-hybridized carbons (Fsp3) is 0.438. The lowest BCUT2D eigenvalue weighted by atomic mass is 10.0. The van der Waals surface area contributed by atoms with Crippen LogP contribution in [0.2, 0.25) is 0 Å². The molecule has 1 saturated heterocycles. The van der Waals surface area contributed by atoms with Gasteiger partial charge in [-0.1, -0.05) is 11.1 Å². The van der Waals surface area contributed by atoms with Crippen LogP contribution in [0, 0.1) is 0 Å². The van der Waals surface area contributed by atoms with E-state index in [1.165, 1.54) is 12.8 Å². The number of likely N-dealkylation sites (tertiary alicyclic amines) is 1. The van der Waals surface area contributed by atoms with Gasteiger partial charge in [0.1, 0.15) is 0 Å².